The fourth-order valence-electron chi connectivity index (χ4n) is 2.94. The smallest absolute Gasteiger partial charge is 0.0750 e. The number of ether oxygens (including phenoxy) is 1. The summed E-state index contributed by atoms with van der Waals surface area (Å²) < 4.78 is 5.81. The molecule has 0 spiro atoms. The molecule has 1 fully saturated rings. The Balaban J connectivity index is 2.12. The number of halogens is 1. The summed E-state index contributed by atoms with van der Waals surface area (Å²) in [6.07, 6.45) is 3.82. The van der Waals surface area contributed by atoms with Crippen molar-refractivity contribution in [2.24, 2.45) is 0 Å². The zero-order valence-electron chi connectivity index (χ0n) is 13.2. The van der Waals surface area contributed by atoms with E-state index in [0.29, 0.717) is 6.10 Å². The average molecular weight is 311 g/mol. The van der Waals surface area contributed by atoms with Crippen LogP contribution in [0.15, 0.2) is 18.2 Å². The van der Waals surface area contributed by atoms with Crippen LogP contribution in [0.3, 0.4) is 0 Å². The molecule has 4 heteroatoms. The van der Waals surface area contributed by atoms with Gasteiger partial charge in [0.2, 0.25) is 0 Å². The first kappa shape index (κ1) is 16.6. The molecule has 118 valence electrons. The molecule has 2 rings (SSSR count). The fraction of sp³-hybridized carbons (Fsp3) is 0.647. The number of nitrogens with zero attached hydrogens (tertiary/aromatic N) is 1. The predicted molar refractivity (Wildman–Crippen MR) is 90.3 cm³/mol. The highest BCUT2D eigenvalue weighted by Gasteiger charge is 2.22. The maximum atomic E-state index is 6.43. The second-order valence-electron chi connectivity index (χ2n) is 5.58. The van der Waals surface area contributed by atoms with Gasteiger partial charge in [-0.25, -0.2) is 0 Å². The molecule has 0 aromatic heterocycles. The molecule has 0 saturated carbocycles. The minimum absolute atomic E-state index is 0.346. The summed E-state index contributed by atoms with van der Waals surface area (Å²) >= 11 is 6.43. The largest absolute Gasteiger partial charge is 0.377 e. The number of anilines is 1. The van der Waals surface area contributed by atoms with Crippen molar-refractivity contribution in [2.45, 2.75) is 45.8 Å². The molecule has 0 aliphatic carbocycles. The Kier molecular flexibility index (Phi) is 6.81. The van der Waals surface area contributed by atoms with Crippen molar-refractivity contribution in [1.82, 2.24) is 5.32 Å². The maximum Gasteiger partial charge on any atom is 0.0750 e. The van der Waals surface area contributed by atoms with E-state index in [1.54, 1.807) is 0 Å². The van der Waals surface area contributed by atoms with E-state index < -0.39 is 0 Å². The van der Waals surface area contributed by atoms with Gasteiger partial charge in [0.15, 0.2) is 0 Å². The Hall–Kier alpha value is -0.770. The van der Waals surface area contributed by atoms with Gasteiger partial charge in [-0.15, -0.1) is 0 Å². The van der Waals surface area contributed by atoms with Crippen molar-refractivity contribution in [2.75, 3.05) is 31.1 Å². The van der Waals surface area contributed by atoms with E-state index in [2.05, 4.69) is 30.1 Å². The zero-order chi connectivity index (χ0) is 15.1. The highest BCUT2D eigenvalue weighted by molar-refractivity contribution is 6.31. The quantitative estimate of drug-likeness (QED) is 0.774. The van der Waals surface area contributed by atoms with E-state index in [1.807, 2.05) is 12.1 Å². The van der Waals surface area contributed by atoms with E-state index in [-0.39, 0.29) is 0 Å². The van der Waals surface area contributed by atoms with Gasteiger partial charge in [0.1, 0.15) is 0 Å². The van der Waals surface area contributed by atoms with E-state index >= 15 is 0 Å². The molecule has 0 radical (unpaired) electrons. The molecule has 1 unspecified atom stereocenters. The van der Waals surface area contributed by atoms with Gasteiger partial charge in [0, 0.05) is 42.5 Å². The monoisotopic (exact) mass is 310 g/mol. The van der Waals surface area contributed by atoms with E-state index in [4.69, 9.17) is 16.3 Å². The lowest BCUT2D eigenvalue weighted by molar-refractivity contribution is 0.0526. The molecule has 1 saturated heterocycles. The Morgan fingerprint density at radius 1 is 1.38 bits per heavy atom. The molecule has 1 aromatic rings. The van der Waals surface area contributed by atoms with Crippen LogP contribution in [0.2, 0.25) is 5.02 Å². The van der Waals surface area contributed by atoms with Crippen molar-refractivity contribution in [3.05, 3.63) is 28.8 Å². The summed E-state index contributed by atoms with van der Waals surface area (Å²) in [4.78, 5) is 2.43. The second kappa shape index (κ2) is 8.62. The standard InChI is InChI=1S/C17H27ClN2O/c1-3-10-19-12-15-16(18)8-5-9-17(15)20-11-6-7-14(13-20)21-4-2/h5,8-9,14,19H,3-4,6-7,10-13H2,1-2H3. The van der Waals surface area contributed by atoms with Crippen molar-refractivity contribution in [1.29, 1.82) is 0 Å². The van der Waals surface area contributed by atoms with Crippen LogP contribution in [0.1, 0.15) is 38.7 Å². The molecule has 0 amide bonds. The lowest BCUT2D eigenvalue weighted by Gasteiger charge is -2.35. The summed E-state index contributed by atoms with van der Waals surface area (Å²) in [6.45, 7) is 8.94. The van der Waals surface area contributed by atoms with Crippen molar-refractivity contribution in [3.63, 3.8) is 0 Å². The van der Waals surface area contributed by atoms with Gasteiger partial charge in [-0.3, -0.25) is 0 Å². The third-order valence-corrected chi connectivity index (χ3v) is 4.30. The highest BCUT2D eigenvalue weighted by Crippen LogP contribution is 2.30. The molecule has 1 N–H and O–H groups in total. The molecule has 1 aliphatic rings. The summed E-state index contributed by atoms with van der Waals surface area (Å²) in [7, 11) is 0. The molecule has 1 aliphatic heterocycles. The Labute approximate surface area is 133 Å². The molecule has 1 atom stereocenters. The predicted octanol–water partition coefficient (Wildman–Crippen LogP) is 3.84. The number of rotatable bonds is 7. The van der Waals surface area contributed by atoms with Gasteiger partial charge < -0.3 is 15.0 Å². The Morgan fingerprint density at radius 3 is 3.00 bits per heavy atom. The molecule has 21 heavy (non-hydrogen) atoms. The Bertz CT molecular complexity index is 437. The number of piperidine rings is 1. The number of benzene rings is 1. The SMILES string of the molecule is CCCNCc1c(Cl)cccc1N1CCCC(OCC)C1. The van der Waals surface area contributed by atoms with Crippen LogP contribution in [-0.4, -0.2) is 32.3 Å². The van der Waals surface area contributed by atoms with Crippen LogP contribution in [-0.2, 0) is 11.3 Å². The number of nitrogens with one attached hydrogen (secondary N) is 1. The van der Waals surface area contributed by atoms with Gasteiger partial charge in [-0.2, -0.15) is 0 Å². The summed E-state index contributed by atoms with van der Waals surface area (Å²) in [5, 5.41) is 4.32. The van der Waals surface area contributed by atoms with E-state index in [0.717, 1.165) is 50.7 Å². The van der Waals surface area contributed by atoms with Gasteiger partial charge in [0.05, 0.1) is 6.10 Å². The lowest BCUT2D eigenvalue weighted by Crippen LogP contribution is -2.40. The number of hydrogen-bond acceptors (Lipinski definition) is 3. The van der Waals surface area contributed by atoms with Crippen molar-refractivity contribution >= 4 is 17.3 Å². The molecular weight excluding hydrogens is 284 g/mol. The van der Waals surface area contributed by atoms with Crippen molar-refractivity contribution in [3.8, 4) is 0 Å². The van der Waals surface area contributed by atoms with Crippen LogP contribution >= 0.6 is 11.6 Å². The van der Waals surface area contributed by atoms with Crippen LogP contribution in [0.4, 0.5) is 5.69 Å². The Morgan fingerprint density at radius 2 is 2.24 bits per heavy atom. The lowest BCUT2D eigenvalue weighted by atomic mass is 10.0. The first-order valence-electron chi connectivity index (χ1n) is 8.10. The van der Waals surface area contributed by atoms with Crippen LogP contribution in [0.25, 0.3) is 0 Å². The number of hydrogen-bond donors (Lipinski definition) is 1. The topological polar surface area (TPSA) is 24.5 Å². The molecule has 3 nitrogen and oxygen atoms in total. The molecule has 1 aromatic carbocycles. The zero-order valence-corrected chi connectivity index (χ0v) is 14.0. The minimum Gasteiger partial charge on any atom is -0.377 e. The molecule has 1 heterocycles. The third kappa shape index (κ3) is 4.60. The van der Waals surface area contributed by atoms with Gasteiger partial charge in [-0.1, -0.05) is 24.6 Å². The highest BCUT2D eigenvalue weighted by atomic mass is 35.5. The fourth-order valence-corrected chi connectivity index (χ4v) is 3.17. The first-order valence-corrected chi connectivity index (χ1v) is 8.48. The summed E-state index contributed by atoms with van der Waals surface area (Å²) in [5.74, 6) is 0. The molecular formula is C17H27ClN2O. The van der Waals surface area contributed by atoms with Crippen molar-refractivity contribution < 1.29 is 4.74 Å². The minimum atomic E-state index is 0.346. The summed E-state index contributed by atoms with van der Waals surface area (Å²) in [5.41, 5.74) is 2.47. The average Bonchev–Trinajstić information content (AvgIpc) is 2.50. The van der Waals surface area contributed by atoms with Crippen LogP contribution in [0, 0.1) is 0 Å². The van der Waals surface area contributed by atoms with Crippen LogP contribution in [0.5, 0.6) is 0 Å². The van der Waals surface area contributed by atoms with Gasteiger partial charge in [0.25, 0.3) is 0 Å². The van der Waals surface area contributed by atoms with E-state index in [9.17, 15) is 0 Å². The maximum absolute atomic E-state index is 6.43. The third-order valence-electron chi connectivity index (χ3n) is 3.94. The van der Waals surface area contributed by atoms with Crippen LogP contribution < -0.4 is 10.2 Å². The molecule has 0 bridgehead atoms. The van der Waals surface area contributed by atoms with Gasteiger partial charge >= 0.3 is 0 Å². The van der Waals surface area contributed by atoms with E-state index in [1.165, 1.54) is 17.7 Å². The second-order valence-corrected chi connectivity index (χ2v) is 5.99. The summed E-state index contributed by atoms with van der Waals surface area (Å²) in [6, 6.07) is 6.21. The first-order chi connectivity index (χ1) is 10.3. The normalized spacial score (nSPS) is 19.0. The van der Waals surface area contributed by atoms with Gasteiger partial charge in [-0.05, 0) is 44.9 Å².